The predicted molar refractivity (Wildman–Crippen MR) is 224 cm³/mol. The largest absolute Gasteiger partial charge is 0.310 e. The summed E-state index contributed by atoms with van der Waals surface area (Å²) in [6, 6.07) is 55.3. The van der Waals surface area contributed by atoms with Crippen molar-refractivity contribution in [3.63, 3.8) is 0 Å². The Bertz CT molecular complexity index is 3050. The van der Waals surface area contributed by atoms with E-state index in [0.717, 1.165) is 72.2 Å². The summed E-state index contributed by atoms with van der Waals surface area (Å²) in [5, 5.41) is 1.87. The van der Waals surface area contributed by atoms with Gasteiger partial charge in [0.15, 0.2) is 0 Å². The van der Waals surface area contributed by atoms with Crippen molar-refractivity contribution in [1.82, 2.24) is 4.57 Å². The molecule has 0 saturated heterocycles. The van der Waals surface area contributed by atoms with E-state index in [1.54, 1.807) is 0 Å². The second-order valence-corrected chi connectivity index (χ2v) is 14.2. The number of hydrogen-bond acceptors (Lipinski definition) is 1. The summed E-state index contributed by atoms with van der Waals surface area (Å²) in [6.07, 6.45) is 0. The molecule has 8 aromatic carbocycles. The first kappa shape index (κ1) is 26.2. The summed E-state index contributed by atoms with van der Waals surface area (Å²) in [4.78, 5) is 2.25. The highest BCUT2D eigenvalue weighted by molar-refractivity contribution is 6.12. The average molecular weight is 684 g/mol. The van der Waals surface area contributed by atoms with E-state index < -0.39 is 6.04 Å². The quantitative estimate of drug-likeness (QED) is 0.169. The van der Waals surface area contributed by atoms with Gasteiger partial charge in [-0.3, -0.25) is 0 Å². The highest BCUT2D eigenvalue weighted by Gasteiger charge is 2.36. The zero-order valence-corrected chi connectivity index (χ0v) is 29.5. The third-order valence-electron chi connectivity index (χ3n) is 10.9. The van der Waals surface area contributed by atoms with E-state index >= 15 is 0 Å². The molecule has 1 aliphatic carbocycles. The van der Waals surface area contributed by atoms with Crippen LogP contribution in [0, 0.1) is 0 Å². The van der Waals surface area contributed by atoms with Crippen LogP contribution in [0.3, 0.4) is 0 Å². The van der Waals surface area contributed by atoms with Crippen molar-refractivity contribution in [3.05, 3.63) is 205 Å². The van der Waals surface area contributed by atoms with Crippen molar-refractivity contribution in [1.29, 1.82) is 0 Å². The van der Waals surface area contributed by atoms with Gasteiger partial charge in [0.25, 0.3) is 0 Å². The van der Waals surface area contributed by atoms with Gasteiger partial charge in [0.1, 0.15) is 0 Å². The van der Waals surface area contributed by atoms with Gasteiger partial charge in [-0.05, 0) is 93.5 Å². The van der Waals surface area contributed by atoms with E-state index in [4.69, 9.17) is 4.11 Å². The number of fused-ring (bicyclic) bond motifs is 6. The number of anilines is 3. The zero-order chi connectivity index (χ0) is 39.9. The van der Waals surface area contributed by atoms with Crippen LogP contribution in [0.2, 0.25) is 0 Å². The zero-order valence-electron chi connectivity index (χ0n) is 34.5. The third kappa shape index (κ3) is 5.02. The molecule has 0 N–H and O–H groups in total. The lowest BCUT2D eigenvalue weighted by molar-refractivity contribution is 0.661. The van der Waals surface area contributed by atoms with E-state index in [-0.39, 0.29) is 35.3 Å². The molecular weight excluding hydrogens is 641 g/mol. The molecule has 252 valence electrons. The van der Waals surface area contributed by atoms with Gasteiger partial charge in [0.2, 0.25) is 0 Å². The fourth-order valence-corrected chi connectivity index (χ4v) is 8.33. The Hall–Kier alpha value is -6.64. The minimum absolute atomic E-state index is 0.125. The molecule has 0 unspecified atom stereocenters. The third-order valence-corrected chi connectivity index (χ3v) is 10.9. The molecule has 0 bridgehead atoms. The highest BCUT2D eigenvalue weighted by atomic mass is 15.1. The Labute approximate surface area is 317 Å². The Balaban J connectivity index is 1.28. The average Bonchev–Trinajstić information content (AvgIpc) is 3.69. The molecule has 0 atom stereocenters. The Morgan fingerprint density at radius 2 is 1.08 bits per heavy atom. The molecular formula is C51H38N2. The molecule has 0 radical (unpaired) electrons. The van der Waals surface area contributed by atoms with Gasteiger partial charge in [-0.1, -0.05) is 153 Å². The van der Waals surface area contributed by atoms with Crippen LogP contribution >= 0.6 is 0 Å². The minimum Gasteiger partial charge on any atom is -0.310 e. The number of aromatic nitrogens is 1. The van der Waals surface area contributed by atoms with Crippen LogP contribution < -0.4 is 4.90 Å². The van der Waals surface area contributed by atoms with E-state index in [2.05, 4.69) is 146 Å². The fraction of sp³-hybridized carbons (Fsp3) is 0.0588. The normalized spacial score (nSPS) is 14.2. The van der Waals surface area contributed by atoms with Crippen LogP contribution in [-0.4, -0.2) is 4.57 Å². The molecule has 0 amide bonds. The molecule has 1 aliphatic rings. The predicted octanol–water partition coefficient (Wildman–Crippen LogP) is 13.9. The van der Waals surface area contributed by atoms with Gasteiger partial charge in [0.05, 0.1) is 23.6 Å². The molecule has 10 rings (SSSR count). The van der Waals surface area contributed by atoms with Crippen LogP contribution in [0.4, 0.5) is 17.1 Å². The Morgan fingerprint density at radius 3 is 1.83 bits per heavy atom. The van der Waals surface area contributed by atoms with E-state index in [9.17, 15) is 2.74 Å². The van der Waals surface area contributed by atoms with Crippen LogP contribution in [0.5, 0.6) is 0 Å². The Kier molecular flexibility index (Phi) is 6.05. The molecule has 9 aromatic rings. The molecule has 53 heavy (non-hydrogen) atoms. The van der Waals surface area contributed by atoms with Crippen molar-refractivity contribution in [3.8, 4) is 39.1 Å². The lowest BCUT2D eigenvalue weighted by atomic mass is 9.82. The van der Waals surface area contributed by atoms with E-state index in [1.165, 1.54) is 11.1 Å². The topological polar surface area (TPSA) is 8.17 Å². The van der Waals surface area contributed by atoms with Gasteiger partial charge in [-0.25, -0.2) is 0 Å². The SMILES string of the molecule is [2H]c1c([2H])c([2H])c(-n2c3cc(N(c4ccc(-c5ccccc5)cc4)c4ccccc4-c4ccccc4)ccc3c3cc4c(cc32)C(C)(C)c2ccccc2-4)c([2H])c1[2H]. The second-order valence-electron chi connectivity index (χ2n) is 14.2. The van der Waals surface area contributed by atoms with Crippen molar-refractivity contribution >= 4 is 38.9 Å². The second kappa shape index (κ2) is 12.3. The molecule has 0 fully saturated rings. The molecule has 2 nitrogen and oxygen atoms in total. The first-order valence-electron chi connectivity index (χ1n) is 20.5. The van der Waals surface area contributed by atoms with Gasteiger partial charge in [-0.2, -0.15) is 0 Å². The van der Waals surface area contributed by atoms with Crippen molar-refractivity contribution in [2.75, 3.05) is 4.90 Å². The fourth-order valence-electron chi connectivity index (χ4n) is 8.33. The van der Waals surface area contributed by atoms with Crippen molar-refractivity contribution in [2.24, 2.45) is 0 Å². The van der Waals surface area contributed by atoms with Crippen LogP contribution in [0.15, 0.2) is 194 Å². The number of rotatable bonds is 6. The lowest BCUT2D eigenvalue weighted by Crippen LogP contribution is -2.15. The minimum atomic E-state index is -0.416. The van der Waals surface area contributed by atoms with E-state index in [1.807, 2.05) is 41.0 Å². The molecule has 0 aliphatic heterocycles. The smallest absolute Gasteiger partial charge is 0.0645 e. The summed E-state index contributed by atoms with van der Waals surface area (Å²) in [5.41, 5.74) is 13.2. The van der Waals surface area contributed by atoms with Crippen molar-refractivity contribution in [2.45, 2.75) is 19.3 Å². The van der Waals surface area contributed by atoms with Crippen molar-refractivity contribution < 1.29 is 6.85 Å². The first-order valence-corrected chi connectivity index (χ1v) is 18.0. The van der Waals surface area contributed by atoms with E-state index in [0.29, 0.717) is 0 Å². The first-order chi connectivity index (χ1) is 28.1. The summed E-state index contributed by atoms with van der Waals surface area (Å²) in [5.74, 6) is 0. The Morgan fingerprint density at radius 1 is 0.472 bits per heavy atom. The van der Waals surface area contributed by atoms with Crippen LogP contribution in [0.1, 0.15) is 31.8 Å². The maximum Gasteiger partial charge on any atom is 0.0645 e. The standard InChI is InChI=1S/C51H38N2/c1-51(2)46-24-14-12-23-42(46)44-33-45-43-31-30-40(32-49(43)53(50(45)34-47(44)51)38-20-10-5-11-21-38)52(39-28-26-36(27-29-39)35-16-6-3-7-17-35)48-25-15-13-22-41(48)37-18-8-4-9-19-37/h3-34H,1-2H3/i5D,10D,11D,20D,21D. The van der Waals surface area contributed by atoms with Gasteiger partial charge in [0, 0.05) is 38.8 Å². The van der Waals surface area contributed by atoms with Crippen LogP contribution in [0.25, 0.3) is 60.9 Å². The molecule has 0 spiro atoms. The van der Waals surface area contributed by atoms with Gasteiger partial charge >= 0.3 is 0 Å². The number of hydrogen-bond donors (Lipinski definition) is 0. The number of nitrogens with zero attached hydrogens (tertiary/aromatic N) is 2. The molecule has 2 heteroatoms. The summed E-state index contributed by atoms with van der Waals surface area (Å²) in [7, 11) is 0. The number of benzene rings is 8. The van der Waals surface area contributed by atoms with Gasteiger partial charge < -0.3 is 9.47 Å². The molecule has 0 saturated carbocycles. The summed E-state index contributed by atoms with van der Waals surface area (Å²) < 4.78 is 46.2. The van der Waals surface area contributed by atoms with Crippen LogP contribution in [-0.2, 0) is 5.41 Å². The molecule has 1 heterocycles. The summed E-state index contributed by atoms with van der Waals surface area (Å²) in [6.45, 7) is 4.45. The maximum absolute atomic E-state index is 9.22. The summed E-state index contributed by atoms with van der Waals surface area (Å²) >= 11 is 0. The van der Waals surface area contributed by atoms with Gasteiger partial charge in [-0.15, -0.1) is 0 Å². The monoisotopic (exact) mass is 683 g/mol. The maximum atomic E-state index is 9.22. The lowest BCUT2D eigenvalue weighted by Gasteiger charge is -2.28. The molecule has 1 aromatic heterocycles. The highest BCUT2D eigenvalue weighted by Crippen LogP contribution is 2.51. The number of para-hydroxylation sites is 2.